The van der Waals surface area contributed by atoms with Crippen LogP contribution in [0, 0.1) is 5.92 Å². The molecule has 0 radical (unpaired) electrons. The molecule has 3 nitrogen and oxygen atoms in total. The second kappa shape index (κ2) is 6.92. The summed E-state index contributed by atoms with van der Waals surface area (Å²) in [6.45, 7) is 9.18. The SMILES string of the molecule is CCNC(C)c1ccc(Br)cc1N1CCC(C(C)O)C1. The lowest BCUT2D eigenvalue weighted by Crippen LogP contribution is -2.26. The van der Waals surface area contributed by atoms with E-state index in [2.05, 4.69) is 58.2 Å². The molecule has 0 bridgehead atoms. The highest BCUT2D eigenvalue weighted by Gasteiger charge is 2.28. The third-order valence-electron chi connectivity index (χ3n) is 4.22. The van der Waals surface area contributed by atoms with Crippen LogP contribution in [0.25, 0.3) is 0 Å². The molecule has 3 unspecified atom stereocenters. The fraction of sp³-hybridized carbons (Fsp3) is 0.625. The van der Waals surface area contributed by atoms with Crippen molar-refractivity contribution < 1.29 is 5.11 Å². The molecule has 0 aliphatic carbocycles. The van der Waals surface area contributed by atoms with Gasteiger partial charge in [-0.05, 0) is 44.5 Å². The fourth-order valence-electron chi connectivity index (χ4n) is 2.97. The molecule has 1 saturated heterocycles. The monoisotopic (exact) mass is 340 g/mol. The van der Waals surface area contributed by atoms with E-state index in [4.69, 9.17) is 0 Å². The van der Waals surface area contributed by atoms with Crippen molar-refractivity contribution in [2.45, 2.75) is 39.3 Å². The van der Waals surface area contributed by atoms with Crippen molar-refractivity contribution in [3.8, 4) is 0 Å². The van der Waals surface area contributed by atoms with Gasteiger partial charge in [-0.25, -0.2) is 0 Å². The number of benzene rings is 1. The van der Waals surface area contributed by atoms with Crippen molar-refractivity contribution in [1.29, 1.82) is 0 Å². The molecule has 112 valence electrons. The summed E-state index contributed by atoms with van der Waals surface area (Å²) < 4.78 is 1.11. The number of nitrogens with zero attached hydrogens (tertiary/aromatic N) is 1. The minimum Gasteiger partial charge on any atom is -0.393 e. The van der Waals surface area contributed by atoms with E-state index in [1.165, 1.54) is 11.3 Å². The van der Waals surface area contributed by atoms with Crippen LogP contribution in [0.3, 0.4) is 0 Å². The van der Waals surface area contributed by atoms with Gasteiger partial charge in [0, 0.05) is 35.2 Å². The number of anilines is 1. The fourth-order valence-corrected chi connectivity index (χ4v) is 3.32. The van der Waals surface area contributed by atoms with Gasteiger partial charge in [0.05, 0.1) is 6.10 Å². The Morgan fingerprint density at radius 2 is 2.20 bits per heavy atom. The summed E-state index contributed by atoms with van der Waals surface area (Å²) in [5.41, 5.74) is 2.62. The van der Waals surface area contributed by atoms with E-state index < -0.39 is 0 Å². The van der Waals surface area contributed by atoms with Gasteiger partial charge in [0.25, 0.3) is 0 Å². The largest absolute Gasteiger partial charge is 0.393 e. The number of aliphatic hydroxyl groups excluding tert-OH is 1. The number of rotatable bonds is 5. The van der Waals surface area contributed by atoms with Crippen molar-refractivity contribution >= 4 is 21.6 Å². The molecule has 0 spiro atoms. The first-order valence-electron chi connectivity index (χ1n) is 7.48. The molecule has 1 fully saturated rings. The Balaban J connectivity index is 2.24. The van der Waals surface area contributed by atoms with Crippen LogP contribution in [0.4, 0.5) is 5.69 Å². The van der Waals surface area contributed by atoms with Crippen molar-refractivity contribution in [2.24, 2.45) is 5.92 Å². The highest BCUT2D eigenvalue weighted by Crippen LogP contribution is 2.33. The van der Waals surface area contributed by atoms with Crippen LogP contribution in [-0.2, 0) is 0 Å². The zero-order valence-electron chi connectivity index (χ0n) is 12.6. The third kappa shape index (κ3) is 3.54. The number of aliphatic hydroxyl groups is 1. The lowest BCUT2D eigenvalue weighted by Gasteiger charge is -2.26. The second-order valence-corrected chi connectivity index (χ2v) is 6.63. The van der Waals surface area contributed by atoms with Crippen molar-refractivity contribution in [3.05, 3.63) is 28.2 Å². The molecular formula is C16H25BrN2O. The average Bonchev–Trinajstić information content (AvgIpc) is 2.88. The topological polar surface area (TPSA) is 35.5 Å². The number of hydrogen-bond acceptors (Lipinski definition) is 3. The number of hydrogen-bond donors (Lipinski definition) is 2. The first-order chi connectivity index (χ1) is 9.52. The predicted octanol–water partition coefficient (Wildman–Crippen LogP) is 3.33. The van der Waals surface area contributed by atoms with Crippen LogP contribution in [0.1, 0.15) is 38.8 Å². The number of nitrogens with one attached hydrogen (secondary N) is 1. The third-order valence-corrected chi connectivity index (χ3v) is 4.71. The summed E-state index contributed by atoms with van der Waals surface area (Å²) in [4.78, 5) is 2.41. The van der Waals surface area contributed by atoms with Gasteiger partial charge < -0.3 is 15.3 Å². The molecule has 3 atom stereocenters. The Morgan fingerprint density at radius 3 is 2.80 bits per heavy atom. The van der Waals surface area contributed by atoms with Crippen LogP contribution in [0.2, 0.25) is 0 Å². The molecule has 0 saturated carbocycles. The molecule has 1 aromatic rings. The van der Waals surface area contributed by atoms with Gasteiger partial charge in [-0.3, -0.25) is 0 Å². The summed E-state index contributed by atoms with van der Waals surface area (Å²) in [5.74, 6) is 0.385. The van der Waals surface area contributed by atoms with E-state index in [-0.39, 0.29) is 6.10 Å². The van der Waals surface area contributed by atoms with Crippen molar-refractivity contribution in [3.63, 3.8) is 0 Å². The van der Waals surface area contributed by atoms with E-state index in [9.17, 15) is 5.11 Å². The summed E-state index contributed by atoms with van der Waals surface area (Å²) in [5, 5.41) is 13.3. The lowest BCUT2D eigenvalue weighted by molar-refractivity contribution is 0.136. The summed E-state index contributed by atoms with van der Waals surface area (Å²) in [6, 6.07) is 6.85. The minimum atomic E-state index is -0.221. The maximum Gasteiger partial charge on any atom is 0.0557 e. The normalized spacial score (nSPS) is 22.1. The van der Waals surface area contributed by atoms with E-state index in [1.807, 2.05) is 6.92 Å². The zero-order valence-corrected chi connectivity index (χ0v) is 14.2. The molecule has 4 heteroatoms. The Morgan fingerprint density at radius 1 is 1.45 bits per heavy atom. The van der Waals surface area contributed by atoms with Crippen molar-refractivity contribution in [2.75, 3.05) is 24.5 Å². The quantitative estimate of drug-likeness (QED) is 0.862. The molecule has 20 heavy (non-hydrogen) atoms. The van der Waals surface area contributed by atoms with E-state index in [0.717, 1.165) is 30.5 Å². The Kier molecular flexibility index (Phi) is 5.47. The zero-order chi connectivity index (χ0) is 14.7. The first-order valence-corrected chi connectivity index (χ1v) is 8.28. The minimum absolute atomic E-state index is 0.221. The molecule has 0 aromatic heterocycles. The predicted molar refractivity (Wildman–Crippen MR) is 88.2 cm³/mol. The van der Waals surface area contributed by atoms with Crippen molar-refractivity contribution in [1.82, 2.24) is 5.32 Å². The van der Waals surface area contributed by atoms with E-state index >= 15 is 0 Å². The molecular weight excluding hydrogens is 316 g/mol. The highest BCUT2D eigenvalue weighted by molar-refractivity contribution is 9.10. The van der Waals surface area contributed by atoms with Gasteiger partial charge in [-0.1, -0.05) is 28.9 Å². The van der Waals surface area contributed by atoms with Crippen LogP contribution < -0.4 is 10.2 Å². The average molecular weight is 341 g/mol. The maximum atomic E-state index is 9.79. The Hall–Kier alpha value is -0.580. The van der Waals surface area contributed by atoms with E-state index in [0.29, 0.717) is 12.0 Å². The molecule has 0 amide bonds. The number of halogens is 1. The van der Waals surface area contributed by atoms with E-state index in [1.54, 1.807) is 0 Å². The van der Waals surface area contributed by atoms with Gasteiger partial charge in [0.15, 0.2) is 0 Å². The standard InChI is InChI=1S/C16H25BrN2O/c1-4-18-11(2)15-6-5-14(17)9-16(15)19-8-7-13(10-19)12(3)20/h5-6,9,11-13,18,20H,4,7-8,10H2,1-3H3. The van der Waals surface area contributed by atoms with Gasteiger partial charge in [0.2, 0.25) is 0 Å². The maximum absolute atomic E-state index is 9.79. The Bertz CT molecular complexity index is 450. The molecule has 1 aromatic carbocycles. The molecule has 1 aliphatic heterocycles. The van der Waals surface area contributed by atoms with Crippen LogP contribution in [0.5, 0.6) is 0 Å². The lowest BCUT2D eigenvalue weighted by atomic mass is 10.0. The summed E-state index contributed by atoms with van der Waals surface area (Å²) in [7, 11) is 0. The van der Waals surface area contributed by atoms with Gasteiger partial charge in [-0.2, -0.15) is 0 Å². The van der Waals surface area contributed by atoms with Crippen LogP contribution in [0.15, 0.2) is 22.7 Å². The molecule has 1 aliphatic rings. The second-order valence-electron chi connectivity index (χ2n) is 5.72. The smallest absolute Gasteiger partial charge is 0.0557 e. The van der Waals surface area contributed by atoms with Crippen LogP contribution >= 0.6 is 15.9 Å². The van der Waals surface area contributed by atoms with Crippen LogP contribution in [-0.4, -0.2) is 30.8 Å². The van der Waals surface area contributed by atoms with Gasteiger partial charge in [-0.15, -0.1) is 0 Å². The molecule has 2 N–H and O–H groups in total. The van der Waals surface area contributed by atoms with Gasteiger partial charge >= 0.3 is 0 Å². The summed E-state index contributed by atoms with van der Waals surface area (Å²) in [6.07, 6.45) is 0.848. The van der Waals surface area contributed by atoms with Gasteiger partial charge in [0.1, 0.15) is 0 Å². The first kappa shape index (κ1) is 15.8. The highest BCUT2D eigenvalue weighted by atomic mass is 79.9. The molecule has 1 heterocycles. The molecule has 2 rings (SSSR count). The summed E-state index contributed by atoms with van der Waals surface area (Å²) >= 11 is 3.58. The Labute approximate surface area is 130 Å².